The number of ether oxygens (including phenoxy) is 2. The number of anilines is 1. The zero-order valence-corrected chi connectivity index (χ0v) is 21.8. The Hall–Kier alpha value is -3.52. The van der Waals surface area contributed by atoms with E-state index in [1.165, 1.54) is 30.6 Å². The lowest BCUT2D eigenvalue weighted by Crippen LogP contribution is -2.44. The largest absolute Gasteiger partial charge is 0.497 e. The molecule has 36 heavy (non-hydrogen) atoms. The van der Waals surface area contributed by atoms with Crippen molar-refractivity contribution in [2.75, 3.05) is 18.5 Å². The molecule has 1 N–H and O–H groups in total. The third-order valence-corrected chi connectivity index (χ3v) is 8.80. The predicted octanol–water partition coefficient (Wildman–Crippen LogP) is 5.33. The third kappa shape index (κ3) is 4.91. The van der Waals surface area contributed by atoms with Crippen molar-refractivity contribution < 1.29 is 22.7 Å². The summed E-state index contributed by atoms with van der Waals surface area (Å²) < 4.78 is 38.7. The minimum absolute atomic E-state index is 0.154. The molecule has 0 spiro atoms. The number of methoxy groups -OCH3 is 1. The number of hydrogen-bond acceptors (Lipinski definition) is 5. The van der Waals surface area contributed by atoms with E-state index in [2.05, 4.69) is 19.2 Å². The number of carbonyl (C=O) groups excluding carboxylic acids is 1. The minimum Gasteiger partial charge on any atom is -0.497 e. The maximum atomic E-state index is 13.2. The SMILES string of the molecule is CCC1(CC)C[C@@H](NC(=O)c2ccc(N(C)S(=O)(=O)c3ccc(OC)cc3)cc2)c2ccccc2O1. The molecule has 1 atom stereocenters. The Bertz CT molecular complexity index is 1320. The monoisotopic (exact) mass is 508 g/mol. The molecule has 0 saturated heterocycles. The van der Waals surface area contributed by atoms with Crippen molar-refractivity contribution in [3.05, 3.63) is 83.9 Å². The smallest absolute Gasteiger partial charge is 0.264 e. The molecule has 0 saturated carbocycles. The zero-order chi connectivity index (χ0) is 25.9. The standard InChI is InChI=1S/C28H32N2O5S/c1-5-28(6-2)19-25(24-9-7-8-10-26(24)35-28)29-27(31)20-11-13-21(14-12-20)30(3)36(32,33)23-17-15-22(34-4)16-18-23/h7-18,25H,5-6,19H2,1-4H3,(H,29,31)/t25-/m1/s1. The van der Waals surface area contributed by atoms with Crippen LogP contribution in [0.2, 0.25) is 0 Å². The van der Waals surface area contributed by atoms with Crippen LogP contribution in [0.1, 0.15) is 55.1 Å². The van der Waals surface area contributed by atoms with Crippen LogP contribution in [0.3, 0.4) is 0 Å². The maximum absolute atomic E-state index is 13.2. The number of rotatable bonds is 8. The average molecular weight is 509 g/mol. The van der Waals surface area contributed by atoms with Gasteiger partial charge in [0.25, 0.3) is 15.9 Å². The number of benzene rings is 3. The fourth-order valence-electron chi connectivity index (χ4n) is 4.54. The lowest BCUT2D eigenvalue weighted by molar-refractivity contribution is 0.0227. The van der Waals surface area contributed by atoms with Crippen molar-refractivity contribution in [2.24, 2.45) is 0 Å². The van der Waals surface area contributed by atoms with Crippen LogP contribution in [-0.2, 0) is 10.0 Å². The highest BCUT2D eigenvalue weighted by molar-refractivity contribution is 7.92. The van der Waals surface area contributed by atoms with Gasteiger partial charge in [-0.1, -0.05) is 32.0 Å². The van der Waals surface area contributed by atoms with Gasteiger partial charge in [-0.05, 0) is 67.4 Å². The van der Waals surface area contributed by atoms with Gasteiger partial charge >= 0.3 is 0 Å². The molecule has 3 aromatic rings. The maximum Gasteiger partial charge on any atom is 0.264 e. The summed E-state index contributed by atoms with van der Waals surface area (Å²) in [5, 5.41) is 3.17. The molecule has 0 unspecified atom stereocenters. The van der Waals surface area contributed by atoms with Crippen molar-refractivity contribution in [1.29, 1.82) is 0 Å². The molecule has 1 aliphatic heterocycles. The number of fused-ring (bicyclic) bond motifs is 1. The molecule has 1 amide bonds. The molecule has 0 aliphatic carbocycles. The number of carbonyl (C=O) groups is 1. The first-order valence-corrected chi connectivity index (χ1v) is 13.5. The van der Waals surface area contributed by atoms with E-state index in [1.807, 2.05) is 24.3 Å². The highest BCUT2D eigenvalue weighted by Gasteiger charge is 2.39. The topological polar surface area (TPSA) is 84.9 Å². The van der Waals surface area contributed by atoms with E-state index < -0.39 is 10.0 Å². The fraction of sp³-hybridized carbons (Fsp3) is 0.321. The lowest BCUT2D eigenvalue weighted by atomic mass is 9.83. The Labute approximate surface area is 213 Å². The van der Waals surface area contributed by atoms with E-state index in [1.54, 1.807) is 36.4 Å². The second-order valence-corrected chi connectivity index (χ2v) is 10.9. The highest BCUT2D eigenvalue weighted by Crippen LogP contribution is 2.42. The van der Waals surface area contributed by atoms with Crippen molar-refractivity contribution >= 4 is 21.6 Å². The molecule has 190 valence electrons. The lowest BCUT2D eigenvalue weighted by Gasteiger charge is -2.41. The number of sulfonamides is 1. The zero-order valence-electron chi connectivity index (χ0n) is 21.0. The van der Waals surface area contributed by atoms with Gasteiger partial charge in [-0.15, -0.1) is 0 Å². The summed E-state index contributed by atoms with van der Waals surface area (Å²) in [7, 11) is -0.747. The average Bonchev–Trinajstić information content (AvgIpc) is 2.92. The van der Waals surface area contributed by atoms with Crippen molar-refractivity contribution in [3.63, 3.8) is 0 Å². The van der Waals surface area contributed by atoms with Crippen molar-refractivity contribution in [3.8, 4) is 11.5 Å². The molecule has 0 radical (unpaired) electrons. The van der Waals surface area contributed by atoms with Gasteiger partial charge in [-0.2, -0.15) is 0 Å². The Morgan fingerprint density at radius 3 is 2.28 bits per heavy atom. The quantitative estimate of drug-likeness (QED) is 0.444. The van der Waals surface area contributed by atoms with Crippen molar-refractivity contribution in [2.45, 2.75) is 49.6 Å². The molecule has 0 bridgehead atoms. The van der Waals surface area contributed by atoms with Gasteiger partial charge in [-0.25, -0.2) is 8.42 Å². The van der Waals surface area contributed by atoms with Gasteiger partial charge in [0.15, 0.2) is 0 Å². The summed E-state index contributed by atoms with van der Waals surface area (Å²) in [6, 6.07) is 20.4. The Balaban J connectivity index is 1.52. The van der Waals surface area contributed by atoms with Gasteiger partial charge in [0, 0.05) is 24.6 Å². The van der Waals surface area contributed by atoms with Gasteiger partial charge in [0.1, 0.15) is 17.1 Å². The first kappa shape index (κ1) is 25.6. The van der Waals surface area contributed by atoms with Gasteiger partial charge < -0.3 is 14.8 Å². The molecule has 3 aromatic carbocycles. The first-order chi connectivity index (χ1) is 17.2. The van der Waals surface area contributed by atoms with Gasteiger partial charge in [0.05, 0.1) is 23.7 Å². The van der Waals surface area contributed by atoms with Crippen LogP contribution in [0, 0.1) is 0 Å². The summed E-state index contributed by atoms with van der Waals surface area (Å²) in [4.78, 5) is 13.3. The van der Waals surface area contributed by atoms with Gasteiger partial charge in [-0.3, -0.25) is 9.10 Å². The van der Waals surface area contributed by atoms with E-state index in [4.69, 9.17) is 9.47 Å². The molecule has 1 heterocycles. The summed E-state index contributed by atoms with van der Waals surface area (Å²) >= 11 is 0. The van der Waals surface area contributed by atoms with Crippen LogP contribution in [0.5, 0.6) is 11.5 Å². The Kier molecular flexibility index (Phi) is 7.26. The van der Waals surface area contributed by atoms with E-state index in [-0.39, 0.29) is 22.4 Å². The summed E-state index contributed by atoms with van der Waals surface area (Å²) in [5.74, 6) is 1.16. The first-order valence-electron chi connectivity index (χ1n) is 12.0. The minimum atomic E-state index is -3.76. The van der Waals surface area contributed by atoms with Crippen LogP contribution in [0.15, 0.2) is 77.7 Å². The van der Waals surface area contributed by atoms with E-state index in [0.29, 0.717) is 23.4 Å². The second-order valence-electron chi connectivity index (χ2n) is 8.96. The van der Waals surface area contributed by atoms with Gasteiger partial charge in [0.2, 0.25) is 0 Å². The highest BCUT2D eigenvalue weighted by atomic mass is 32.2. The van der Waals surface area contributed by atoms with E-state index in [9.17, 15) is 13.2 Å². The Morgan fingerprint density at radius 2 is 1.67 bits per heavy atom. The van der Waals surface area contributed by atoms with Crippen LogP contribution < -0.4 is 19.1 Å². The van der Waals surface area contributed by atoms with E-state index >= 15 is 0 Å². The molecule has 0 fully saturated rings. The number of nitrogens with one attached hydrogen (secondary N) is 1. The van der Waals surface area contributed by atoms with Crippen LogP contribution in [0.4, 0.5) is 5.69 Å². The summed E-state index contributed by atoms with van der Waals surface area (Å²) in [6.45, 7) is 4.21. The number of amides is 1. The van der Waals surface area contributed by atoms with Crippen LogP contribution in [-0.4, -0.2) is 34.1 Å². The summed E-state index contributed by atoms with van der Waals surface area (Å²) in [6.07, 6.45) is 2.37. The predicted molar refractivity (Wildman–Crippen MR) is 140 cm³/mol. The molecule has 8 heteroatoms. The van der Waals surface area contributed by atoms with E-state index in [0.717, 1.165) is 24.2 Å². The normalized spacial score (nSPS) is 16.4. The summed E-state index contributed by atoms with van der Waals surface area (Å²) in [5.41, 5.74) is 1.55. The second kappa shape index (κ2) is 10.2. The molecule has 4 rings (SSSR count). The molecule has 7 nitrogen and oxygen atoms in total. The fourth-order valence-corrected chi connectivity index (χ4v) is 5.73. The number of hydrogen-bond donors (Lipinski definition) is 1. The molecular formula is C28H32N2O5S. The molecular weight excluding hydrogens is 476 g/mol. The number of para-hydroxylation sites is 1. The number of nitrogens with zero attached hydrogens (tertiary/aromatic N) is 1. The van der Waals surface area contributed by atoms with Crippen LogP contribution in [0.25, 0.3) is 0 Å². The molecule has 1 aliphatic rings. The molecule has 0 aromatic heterocycles. The van der Waals surface area contributed by atoms with Crippen molar-refractivity contribution in [1.82, 2.24) is 5.32 Å². The third-order valence-electron chi connectivity index (χ3n) is 7.00. The van der Waals surface area contributed by atoms with Crippen LogP contribution >= 0.6 is 0 Å². The Morgan fingerprint density at radius 1 is 1.03 bits per heavy atom.